The van der Waals surface area contributed by atoms with E-state index in [1.807, 2.05) is 19.1 Å². The Bertz CT molecular complexity index is 790. The maximum atomic E-state index is 12.2. The Morgan fingerprint density at radius 3 is 2.58 bits per heavy atom. The zero-order chi connectivity index (χ0) is 17.9. The van der Waals surface area contributed by atoms with Gasteiger partial charge in [0, 0.05) is 10.2 Å². The first-order valence-corrected chi connectivity index (χ1v) is 8.22. The maximum absolute atomic E-state index is 12.2. The SMILES string of the molecule is Cc1ccc(NC(=O)[C@H](C)OC(=O)c2cccc(C)c2N)c(Br)c1. The Hall–Kier alpha value is -2.34. The van der Waals surface area contributed by atoms with Crippen molar-refractivity contribution in [2.75, 3.05) is 11.1 Å². The molecule has 0 aliphatic heterocycles. The summed E-state index contributed by atoms with van der Waals surface area (Å²) < 4.78 is 5.98. The van der Waals surface area contributed by atoms with Crippen LogP contribution in [0, 0.1) is 13.8 Å². The van der Waals surface area contributed by atoms with Gasteiger partial charge < -0.3 is 15.8 Å². The summed E-state index contributed by atoms with van der Waals surface area (Å²) in [4.78, 5) is 24.4. The molecule has 126 valence electrons. The van der Waals surface area contributed by atoms with Crippen molar-refractivity contribution in [3.63, 3.8) is 0 Å². The van der Waals surface area contributed by atoms with Crippen molar-refractivity contribution in [2.45, 2.75) is 26.9 Å². The fourth-order valence-corrected chi connectivity index (χ4v) is 2.68. The number of amides is 1. The number of carbonyl (C=O) groups is 2. The normalized spacial score (nSPS) is 11.7. The molecule has 3 N–H and O–H groups in total. The highest BCUT2D eigenvalue weighted by Crippen LogP contribution is 2.24. The highest BCUT2D eigenvalue weighted by molar-refractivity contribution is 9.10. The second-order valence-electron chi connectivity index (χ2n) is 5.56. The standard InChI is InChI=1S/C18H19BrN2O3/c1-10-7-8-15(14(19)9-10)21-17(22)12(3)24-18(23)13-6-4-5-11(2)16(13)20/h4-9,12H,20H2,1-3H3,(H,21,22)/t12-/m0/s1. The van der Waals surface area contributed by atoms with E-state index in [2.05, 4.69) is 21.2 Å². The van der Waals surface area contributed by atoms with Crippen molar-refractivity contribution in [1.29, 1.82) is 0 Å². The van der Waals surface area contributed by atoms with Gasteiger partial charge in [-0.2, -0.15) is 0 Å². The van der Waals surface area contributed by atoms with E-state index >= 15 is 0 Å². The molecule has 0 unspecified atom stereocenters. The summed E-state index contributed by atoms with van der Waals surface area (Å²) in [6.45, 7) is 5.27. The average molecular weight is 391 g/mol. The lowest BCUT2D eigenvalue weighted by Gasteiger charge is -2.15. The van der Waals surface area contributed by atoms with Gasteiger partial charge in [-0.15, -0.1) is 0 Å². The number of carbonyl (C=O) groups excluding carboxylic acids is 2. The van der Waals surface area contributed by atoms with Crippen LogP contribution in [-0.2, 0) is 9.53 Å². The third-order valence-electron chi connectivity index (χ3n) is 3.58. The Balaban J connectivity index is 2.06. The molecule has 1 atom stereocenters. The first kappa shape index (κ1) is 18.0. The summed E-state index contributed by atoms with van der Waals surface area (Å²) >= 11 is 3.39. The zero-order valence-electron chi connectivity index (χ0n) is 13.7. The van der Waals surface area contributed by atoms with E-state index in [-0.39, 0.29) is 5.56 Å². The second kappa shape index (κ2) is 7.49. The number of halogens is 1. The smallest absolute Gasteiger partial charge is 0.341 e. The Morgan fingerprint density at radius 2 is 1.92 bits per heavy atom. The summed E-state index contributed by atoms with van der Waals surface area (Å²) in [6, 6.07) is 10.6. The molecule has 2 aromatic rings. The Labute approximate surface area is 149 Å². The number of benzene rings is 2. The van der Waals surface area contributed by atoms with E-state index in [1.54, 1.807) is 31.2 Å². The quantitative estimate of drug-likeness (QED) is 0.613. The van der Waals surface area contributed by atoms with Crippen molar-refractivity contribution in [1.82, 2.24) is 0 Å². The molecule has 0 heterocycles. The molecule has 0 spiro atoms. The van der Waals surface area contributed by atoms with E-state index < -0.39 is 18.0 Å². The molecule has 2 aromatic carbocycles. The molecular weight excluding hydrogens is 372 g/mol. The van der Waals surface area contributed by atoms with Crippen LogP contribution < -0.4 is 11.1 Å². The Kier molecular flexibility index (Phi) is 5.62. The van der Waals surface area contributed by atoms with Gasteiger partial charge in [-0.05, 0) is 66.0 Å². The van der Waals surface area contributed by atoms with Crippen molar-refractivity contribution >= 4 is 39.2 Å². The fraction of sp³-hybridized carbons (Fsp3) is 0.222. The predicted octanol–water partition coefficient (Wildman–Crippen LogP) is 3.83. The van der Waals surface area contributed by atoms with Crippen LogP contribution in [0.3, 0.4) is 0 Å². The molecule has 6 heteroatoms. The molecule has 0 fully saturated rings. The average Bonchev–Trinajstić information content (AvgIpc) is 2.52. The van der Waals surface area contributed by atoms with E-state index in [0.717, 1.165) is 15.6 Å². The number of para-hydroxylation sites is 1. The topological polar surface area (TPSA) is 81.4 Å². The third kappa shape index (κ3) is 4.14. The van der Waals surface area contributed by atoms with Crippen LogP contribution in [0.2, 0.25) is 0 Å². The summed E-state index contributed by atoms with van der Waals surface area (Å²) in [5.74, 6) is -1.04. The lowest BCUT2D eigenvalue weighted by atomic mass is 10.1. The van der Waals surface area contributed by atoms with Crippen LogP contribution in [0.15, 0.2) is 40.9 Å². The lowest BCUT2D eigenvalue weighted by Crippen LogP contribution is -2.30. The number of nitrogen functional groups attached to an aromatic ring is 1. The summed E-state index contributed by atoms with van der Waals surface area (Å²) in [5.41, 5.74) is 8.96. The van der Waals surface area contributed by atoms with Crippen LogP contribution in [0.25, 0.3) is 0 Å². The highest BCUT2D eigenvalue weighted by atomic mass is 79.9. The zero-order valence-corrected chi connectivity index (χ0v) is 15.3. The lowest BCUT2D eigenvalue weighted by molar-refractivity contribution is -0.123. The van der Waals surface area contributed by atoms with Gasteiger partial charge in [-0.25, -0.2) is 4.79 Å². The second-order valence-corrected chi connectivity index (χ2v) is 6.41. The molecule has 5 nitrogen and oxygen atoms in total. The number of hydrogen-bond donors (Lipinski definition) is 2. The number of nitrogens with two attached hydrogens (primary N) is 1. The van der Waals surface area contributed by atoms with E-state index in [4.69, 9.17) is 10.5 Å². The monoisotopic (exact) mass is 390 g/mol. The van der Waals surface area contributed by atoms with Crippen molar-refractivity contribution < 1.29 is 14.3 Å². The molecule has 24 heavy (non-hydrogen) atoms. The molecule has 0 saturated carbocycles. The summed E-state index contributed by atoms with van der Waals surface area (Å²) in [7, 11) is 0. The van der Waals surface area contributed by atoms with Crippen LogP contribution in [0.4, 0.5) is 11.4 Å². The summed E-state index contributed by atoms with van der Waals surface area (Å²) in [6.07, 6.45) is -0.953. The number of anilines is 2. The van der Waals surface area contributed by atoms with Gasteiger partial charge in [-0.1, -0.05) is 18.2 Å². The summed E-state index contributed by atoms with van der Waals surface area (Å²) in [5, 5.41) is 2.73. The highest BCUT2D eigenvalue weighted by Gasteiger charge is 2.21. The van der Waals surface area contributed by atoms with Gasteiger partial charge in [0.2, 0.25) is 0 Å². The molecule has 1 amide bonds. The molecule has 0 aliphatic carbocycles. The fourth-order valence-electron chi connectivity index (χ4n) is 2.09. The number of ether oxygens (including phenoxy) is 1. The number of rotatable bonds is 4. The minimum atomic E-state index is -0.953. The molecule has 0 radical (unpaired) electrons. The number of aryl methyl sites for hydroxylation is 2. The van der Waals surface area contributed by atoms with Crippen molar-refractivity contribution in [2.24, 2.45) is 0 Å². The molecule has 0 aliphatic rings. The Morgan fingerprint density at radius 1 is 1.21 bits per heavy atom. The van der Waals surface area contributed by atoms with Gasteiger partial charge in [0.15, 0.2) is 6.10 Å². The van der Waals surface area contributed by atoms with Gasteiger partial charge in [0.05, 0.1) is 11.3 Å². The van der Waals surface area contributed by atoms with Gasteiger partial charge in [-0.3, -0.25) is 4.79 Å². The van der Waals surface area contributed by atoms with Gasteiger partial charge in [0.1, 0.15) is 0 Å². The minimum Gasteiger partial charge on any atom is -0.449 e. The first-order chi connectivity index (χ1) is 11.3. The van der Waals surface area contributed by atoms with E-state index in [9.17, 15) is 9.59 Å². The van der Waals surface area contributed by atoms with Gasteiger partial charge >= 0.3 is 5.97 Å². The number of esters is 1. The van der Waals surface area contributed by atoms with E-state index in [0.29, 0.717) is 11.4 Å². The molecular formula is C18H19BrN2O3. The van der Waals surface area contributed by atoms with Gasteiger partial charge in [0.25, 0.3) is 5.91 Å². The first-order valence-electron chi connectivity index (χ1n) is 7.42. The molecule has 0 saturated heterocycles. The van der Waals surface area contributed by atoms with Crippen LogP contribution in [-0.4, -0.2) is 18.0 Å². The molecule has 0 bridgehead atoms. The third-order valence-corrected chi connectivity index (χ3v) is 4.24. The number of nitrogens with one attached hydrogen (secondary N) is 1. The predicted molar refractivity (Wildman–Crippen MR) is 98.0 cm³/mol. The minimum absolute atomic E-state index is 0.256. The van der Waals surface area contributed by atoms with Crippen molar-refractivity contribution in [3.8, 4) is 0 Å². The van der Waals surface area contributed by atoms with Crippen LogP contribution in [0.5, 0.6) is 0 Å². The molecule has 2 rings (SSSR count). The largest absolute Gasteiger partial charge is 0.449 e. The van der Waals surface area contributed by atoms with Crippen LogP contribution in [0.1, 0.15) is 28.4 Å². The number of hydrogen-bond acceptors (Lipinski definition) is 4. The van der Waals surface area contributed by atoms with Crippen molar-refractivity contribution in [3.05, 3.63) is 57.6 Å². The maximum Gasteiger partial charge on any atom is 0.341 e. The van der Waals surface area contributed by atoms with Crippen LogP contribution >= 0.6 is 15.9 Å². The molecule has 0 aromatic heterocycles. The van der Waals surface area contributed by atoms with E-state index in [1.165, 1.54) is 6.92 Å².